The van der Waals surface area contributed by atoms with Crippen molar-refractivity contribution in [2.75, 3.05) is 49.3 Å². The van der Waals surface area contributed by atoms with Crippen LogP contribution in [0.4, 0.5) is 11.4 Å². The summed E-state index contributed by atoms with van der Waals surface area (Å²) in [5.41, 5.74) is 3.26. The molecule has 5 rings (SSSR count). The van der Waals surface area contributed by atoms with E-state index < -0.39 is 0 Å². The number of hydrogen-bond acceptors (Lipinski definition) is 8. The first-order valence-corrected chi connectivity index (χ1v) is 13.2. The number of nitrogens with one attached hydrogen (secondary N) is 1. The number of methoxy groups -OCH3 is 1. The number of thioether (sulfide) groups is 1. The third kappa shape index (κ3) is 6.15. The van der Waals surface area contributed by atoms with Crippen molar-refractivity contribution in [2.24, 2.45) is 0 Å². The molecule has 1 fully saturated rings. The van der Waals surface area contributed by atoms with Crippen molar-refractivity contribution in [3.8, 4) is 17.2 Å². The van der Waals surface area contributed by atoms with E-state index in [1.807, 2.05) is 83.8 Å². The van der Waals surface area contributed by atoms with Crippen LogP contribution in [0.2, 0.25) is 0 Å². The van der Waals surface area contributed by atoms with E-state index in [1.165, 1.54) is 11.8 Å². The van der Waals surface area contributed by atoms with Crippen molar-refractivity contribution in [1.82, 2.24) is 15.1 Å². The summed E-state index contributed by atoms with van der Waals surface area (Å²) in [6, 6.07) is 24.4. The van der Waals surface area contributed by atoms with Gasteiger partial charge in [-0.1, -0.05) is 30.0 Å². The second kappa shape index (κ2) is 11.8. The Morgan fingerprint density at radius 2 is 1.63 bits per heavy atom. The van der Waals surface area contributed by atoms with Crippen molar-refractivity contribution in [2.45, 2.75) is 5.22 Å². The highest BCUT2D eigenvalue weighted by Crippen LogP contribution is 2.25. The van der Waals surface area contributed by atoms with E-state index in [4.69, 9.17) is 9.15 Å². The van der Waals surface area contributed by atoms with Crippen LogP contribution in [-0.4, -0.2) is 66.0 Å². The fourth-order valence-electron chi connectivity index (χ4n) is 4.13. The van der Waals surface area contributed by atoms with Gasteiger partial charge in [0, 0.05) is 48.7 Å². The summed E-state index contributed by atoms with van der Waals surface area (Å²) in [4.78, 5) is 29.3. The molecule has 0 unspecified atom stereocenters. The number of benzene rings is 3. The molecule has 2 heterocycles. The number of anilines is 2. The molecule has 38 heavy (non-hydrogen) atoms. The van der Waals surface area contributed by atoms with Crippen molar-refractivity contribution < 1.29 is 18.7 Å². The molecule has 1 aliphatic rings. The number of piperazine rings is 1. The number of carbonyl (C=O) groups is 2. The van der Waals surface area contributed by atoms with Crippen LogP contribution in [0.3, 0.4) is 0 Å². The van der Waals surface area contributed by atoms with Crippen molar-refractivity contribution in [1.29, 1.82) is 0 Å². The number of amides is 2. The standard InChI is InChI=1S/C28H27N5O4S/c1-36-24-13-7-20(8-14-24)26-30-31-28(37-26)38-19-25(34)29-22-9-11-23(12-10-22)32-15-17-33(18-16-32)27(35)21-5-3-2-4-6-21/h2-14H,15-19H2,1H3,(H,29,34). The molecular formula is C28H27N5O4S. The number of rotatable bonds is 8. The second-order valence-electron chi connectivity index (χ2n) is 8.63. The first-order chi connectivity index (χ1) is 18.6. The van der Waals surface area contributed by atoms with Gasteiger partial charge in [0.15, 0.2) is 0 Å². The van der Waals surface area contributed by atoms with Gasteiger partial charge in [0.25, 0.3) is 11.1 Å². The highest BCUT2D eigenvalue weighted by molar-refractivity contribution is 7.99. The molecule has 2 amide bonds. The second-order valence-corrected chi connectivity index (χ2v) is 9.56. The van der Waals surface area contributed by atoms with Gasteiger partial charge < -0.3 is 24.3 Å². The molecule has 10 heteroatoms. The summed E-state index contributed by atoms with van der Waals surface area (Å²) < 4.78 is 10.8. The fourth-order valence-corrected chi connectivity index (χ4v) is 4.69. The van der Waals surface area contributed by atoms with Crippen LogP contribution in [0.5, 0.6) is 5.75 Å². The molecule has 0 radical (unpaired) electrons. The Hall–Kier alpha value is -4.31. The predicted molar refractivity (Wildman–Crippen MR) is 147 cm³/mol. The average molecular weight is 530 g/mol. The van der Waals surface area contributed by atoms with Crippen molar-refractivity contribution in [3.63, 3.8) is 0 Å². The smallest absolute Gasteiger partial charge is 0.277 e. The van der Waals surface area contributed by atoms with Crippen LogP contribution >= 0.6 is 11.8 Å². The first-order valence-electron chi connectivity index (χ1n) is 12.2. The quantitative estimate of drug-likeness (QED) is 0.335. The number of nitrogens with zero attached hydrogens (tertiary/aromatic N) is 4. The van der Waals surface area contributed by atoms with Gasteiger partial charge in [-0.2, -0.15) is 0 Å². The van der Waals surface area contributed by atoms with Gasteiger partial charge in [-0.3, -0.25) is 9.59 Å². The zero-order valence-corrected chi connectivity index (χ0v) is 21.7. The van der Waals surface area contributed by atoms with Gasteiger partial charge in [0.2, 0.25) is 11.8 Å². The monoisotopic (exact) mass is 529 g/mol. The Labute approximate surface area is 224 Å². The molecule has 0 saturated carbocycles. The van der Waals surface area contributed by atoms with E-state index in [0.717, 1.165) is 35.7 Å². The first kappa shape index (κ1) is 25.3. The molecular weight excluding hydrogens is 502 g/mol. The molecule has 9 nitrogen and oxygen atoms in total. The van der Waals surface area contributed by atoms with E-state index in [0.29, 0.717) is 29.9 Å². The van der Waals surface area contributed by atoms with Crippen molar-refractivity contribution in [3.05, 3.63) is 84.4 Å². The molecule has 194 valence electrons. The number of carbonyl (C=O) groups excluding carboxylic acids is 2. The van der Waals surface area contributed by atoms with Crippen LogP contribution in [0.15, 0.2) is 88.5 Å². The summed E-state index contributed by atoms with van der Waals surface area (Å²) in [5, 5.41) is 11.3. The van der Waals surface area contributed by atoms with E-state index >= 15 is 0 Å². The van der Waals surface area contributed by atoms with E-state index in [-0.39, 0.29) is 17.6 Å². The fraction of sp³-hybridized carbons (Fsp3) is 0.214. The molecule has 0 aliphatic carbocycles. The van der Waals surface area contributed by atoms with Crippen LogP contribution < -0.4 is 15.0 Å². The normalized spacial score (nSPS) is 13.3. The van der Waals surface area contributed by atoms with E-state index in [9.17, 15) is 9.59 Å². The predicted octanol–water partition coefficient (Wildman–Crippen LogP) is 4.44. The van der Waals surface area contributed by atoms with E-state index in [1.54, 1.807) is 7.11 Å². The maximum atomic E-state index is 12.7. The average Bonchev–Trinajstić information content (AvgIpc) is 3.46. The summed E-state index contributed by atoms with van der Waals surface area (Å²) in [7, 11) is 1.61. The van der Waals surface area contributed by atoms with Gasteiger partial charge >= 0.3 is 0 Å². The lowest BCUT2D eigenvalue weighted by molar-refractivity contribution is -0.113. The SMILES string of the molecule is COc1ccc(-c2nnc(SCC(=O)Nc3ccc(N4CCN(C(=O)c5ccccc5)CC4)cc3)o2)cc1. The molecule has 0 atom stereocenters. The van der Waals surface area contributed by atoms with Gasteiger partial charge in [-0.25, -0.2) is 0 Å². The molecule has 1 N–H and O–H groups in total. The van der Waals surface area contributed by atoms with Crippen LogP contribution in [0.1, 0.15) is 10.4 Å². The molecule has 1 saturated heterocycles. The molecule has 0 bridgehead atoms. The van der Waals surface area contributed by atoms with Crippen LogP contribution in [0.25, 0.3) is 11.5 Å². The van der Waals surface area contributed by atoms with Gasteiger partial charge in [-0.15, -0.1) is 10.2 Å². The lowest BCUT2D eigenvalue weighted by atomic mass is 10.1. The summed E-state index contributed by atoms with van der Waals surface area (Å²) in [6.45, 7) is 2.84. The maximum absolute atomic E-state index is 12.7. The highest BCUT2D eigenvalue weighted by atomic mass is 32.2. The Kier molecular flexibility index (Phi) is 7.89. The summed E-state index contributed by atoms with van der Waals surface area (Å²) in [5.74, 6) is 1.17. The number of aromatic nitrogens is 2. The third-order valence-corrected chi connectivity index (χ3v) is 6.99. The Morgan fingerprint density at radius 3 is 2.32 bits per heavy atom. The minimum absolute atomic E-state index is 0.0682. The summed E-state index contributed by atoms with van der Waals surface area (Å²) >= 11 is 1.18. The molecule has 0 spiro atoms. The number of hydrogen-bond donors (Lipinski definition) is 1. The van der Waals surface area contributed by atoms with Gasteiger partial charge in [-0.05, 0) is 60.7 Å². The Balaban J connectivity index is 1.08. The van der Waals surface area contributed by atoms with Gasteiger partial charge in [0.1, 0.15) is 5.75 Å². The molecule has 1 aliphatic heterocycles. The highest BCUT2D eigenvalue weighted by Gasteiger charge is 2.22. The maximum Gasteiger partial charge on any atom is 0.277 e. The largest absolute Gasteiger partial charge is 0.497 e. The third-order valence-electron chi connectivity index (χ3n) is 6.17. The molecule has 4 aromatic rings. The lowest BCUT2D eigenvalue weighted by Gasteiger charge is -2.36. The minimum atomic E-state index is -0.167. The zero-order chi connectivity index (χ0) is 26.3. The van der Waals surface area contributed by atoms with E-state index in [2.05, 4.69) is 20.4 Å². The Bertz CT molecular complexity index is 1370. The van der Waals surface area contributed by atoms with Crippen LogP contribution in [-0.2, 0) is 4.79 Å². The molecule has 3 aromatic carbocycles. The summed E-state index contributed by atoms with van der Waals surface area (Å²) in [6.07, 6.45) is 0. The zero-order valence-electron chi connectivity index (χ0n) is 20.9. The van der Waals surface area contributed by atoms with Crippen LogP contribution in [0, 0.1) is 0 Å². The minimum Gasteiger partial charge on any atom is -0.497 e. The lowest BCUT2D eigenvalue weighted by Crippen LogP contribution is -2.48. The Morgan fingerprint density at radius 1 is 0.921 bits per heavy atom. The topological polar surface area (TPSA) is 101 Å². The van der Waals surface area contributed by atoms with Crippen molar-refractivity contribution >= 4 is 35.0 Å². The van der Waals surface area contributed by atoms with Gasteiger partial charge in [0.05, 0.1) is 12.9 Å². The molecule has 1 aromatic heterocycles. The number of ether oxygens (including phenoxy) is 1.